The van der Waals surface area contributed by atoms with Gasteiger partial charge in [-0.15, -0.1) is 12.8 Å². The smallest absolute Gasteiger partial charge is 0.462 e. The van der Waals surface area contributed by atoms with Gasteiger partial charge in [0.25, 0.3) is 0 Å². The second-order valence-corrected chi connectivity index (χ2v) is 4.40. The van der Waals surface area contributed by atoms with Crippen LogP contribution in [-0.2, 0) is 9.31 Å². The van der Waals surface area contributed by atoms with Crippen LogP contribution in [0.1, 0.15) is 13.8 Å². The zero-order valence-corrected chi connectivity index (χ0v) is 11.0. The van der Waals surface area contributed by atoms with Crippen LogP contribution in [0.3, 0.4) is 0 Å². The zero-order valence-electron chi connectivity index (χ0n) is 11.0. The van der Waals surface area contributed by atoms with Gasteiger partial charge in [-0.3, -0.25) is 0 Å². The molecule has 0 aliphatic carbocycles. The van der Waals surface area contributed by atoms with Crippen molar-refractivity contribution in [2.45, 2.75) is 19.4 Å². The molecule has 5 nitrogen and oxygen atoms in total. The van der Waals surface area contributed by atoms with Gasteiger partial charge in [0.15, 0.2) is 6.61 Å². The van der Waals surface area contributed by atoms with Crippen molar-refractivity contribution in [3.63, 3.8) is 0 Å². The van der Waals surface area contributed by atoms with Gasteiger partial charge in [0.1, 0.15) is 6.07 Å². The molecule has 0 aromatic carbocycles. The van der Waals surface area contributed by atoms with Crippen LogP contribution in [0.2, 0.25) is 0 Å². The molecule has 6 heteroatoms. The van der Waals surface area contributed by atoms with E-state index in [-0.39, 0.29) is 19.3 Å². The maximum atomic E-state index is 8.37. The van der Waals surface area contributed by atoms with Crippen molar-refractivity contribution in [1.29, 1.82) is 5.26 Å². The standard InChI is InChI=1S/C11H13BN2O3.C2H2/c1-11(2)8-16-12(17-11)9-3-4-10(14-7-9)15-6-5-13;1-2/h3-4,7H,6,8H2,1-2H3;1-2H. The molecular weight excluding hydrogens is 243 g/mol. The number of nitrogens with zero attached hydrogens (tertiary/aromatic N) is 2. The Balaban J connectivity index is 0.000000861. The third-order valence-corrected chi connectivity index (χ3v) is 2.32. The Morgan fingerprint density at radius 1 is 1.53 bits per heavy atom. The fraction of sp³-hybridized carbons (Fsp3) is 0.385. The first-order valence-electron chi connectivity index (χ1n) is 5.69. The van der Waals surface area contributed by atoms with Gasteiger partial charge >= 0.3 is 7.12 Å². The highest BCUT2D eigenvalue weighted by atomic mass is 16.7. The van der Waals surface area contributed by atoms with Crippen molar-refractivity contribution in [3.8, 4) is 24.8 Å². The maximum Gasteiger partial charge on any atom is 0.496 e. The predicted molar refractivity (Wildman–Crippen MR) is 71.7 cm³/mol. The van der Waals surface area contributed by atoms with E-state index in [2.05, 4.69) is 17.8 Å². The Morgan fingerprint density at radius 3 is 2.74 bits per heavy atom. The van der Waals surface area contributed by atoms with Crippen molar-refractivity contribution in [2.75, 3.05) is 13.2 Å². The summed E-state index contributed by atoms with van der Waals surface area (Å²) >= 11 is 0. The van der Waals surface area contributed by atoms with E-state index in [1.165, 1.54) is 0 Å². The molecule has 1 fully saturated rings. The Bertz CT molecular complexity index is 465. The second kappa shape index (κ2) is 6.79. The Morgan fingerprint density at radius 2 is 2.26 bits per heavy atom. The van der Waals surface area contributed by atoms with Gasteiger partial charge in [0, 0.05) is 11.7 Å². The molecule has 98 valence electrons. The van der Waals surface area contributed by atoms with E-state index in [0.717, 1.165) is 5.46 Å². The van der Waals surface area contributed by atoms with Crippen LogP contribution in [0.25, 0.3) is 0 Å². The van der Waals surface area contributed by atoms with Crippen LogP contribution in [0.15, 0.2) is 18.3 Å². The molecule has 1 saturated heterocycles. The molecule has 0 unspecified atom stereocenters. The van der Waals surface area contributed by atoms with Crippen LogP contribution in [0.4, 0.5) is 0 Å². The lowest BCUT2D eigenvalue weighted by atomic mass is 9.80. The summed E-state index contributed by atoms with van der Waals surface area (Å²) in [5.41, 5.74) is 0.584. The van der Waals surface area contributed by atoms with E-state index in [9.17, 15) is 0 Å². The summed E-state index contributed by atoms with van der Waals surface area (Å²) in [5.74, 6) is 0.424. The minimum atomic E-state index is -0.373. The summed E-state index contributed by atoms with van der Waals surface area (Å²) in [6.45, 7) is 4.51. The van der Waals surface area contributed by atoms with E-state index in [4.69, 9.17) is 19.3 Å². The van der Waals surface area contributed by atoms with Gasteiger partial charge in [0.2, 0.25) is 5.88 Å². The van der Waals surface area contributed by atoms with Gasteiger partial charge < -0.3 is 14.0 Å². The van der Waals surface area contributed by atoms with E-state index in [1.54, 1.807) is 12.3 Å². The second-order valence-electron chi connectivity index (χ2n) is 4.40. The maximum absolute atomic E-state index is 8.37. The lowest BCUT2D eigenvalue weighted by Gasteiger charge is -2.15. The van der Waals surface area contributed by atoms with Crippen molar-refractivity contribution in [2.24, 2.45) is 0 Å². The van der Waals surface area contributed by atoms with Crippen LogP contribution in [0, 0.1) is 24.2 Å². The fourth-order valence-electron chi connectivity index (χ4n) is 1.52. The van der Waals surface area contributed by atoms with Crippen LogP contribution in [0.5, 0.6) is 5.88 Å². The van der Waals surface area contributed by atoms with E-state index in [0.29, 0.717) is 12.5 Å². The number of pyridine rings is 1. The first kappa shape index (κ1) is 15.0. The number of ether oxygens (including phenoxy) is 1. The third kappa shape index (κ3) is 4.29. The molecule has 1 aromatic rings. The van der Waals surface area contributed by atoms with Crippen LogP contribution >= 0.6 is 0 Å². The summed E-state index contributed by atoms with van der Waals surface area (Å²) in [6.07, 6.45) is 9.64. The fourth-order valence-corrected chi connectivity index (χ4v) is 1.52. The van der Waals surface area contributed by atoms with Gasteiger partial charge in [-0.05, 0) is 19.9 Å². The summed E-state index contributed by atoms with van der Waals surface area (Å²) < 4.78 is 16.3. The molecule has 19 heavy (non-hydrogen) atoms. The summed E-state index contributed by atoms with van der Waals surface area (Å²) in [5, 5.41) is 8.37. The van der Waals surface area contributed by atoms with Gasteiger partial charge in [-0.25, -0.2) is 4.98 Å². The number of terminal acetylenes is 1. The first-order chi connectivity index (χ1) is 9.11. The largest absolute Gasteiger partial charge is 0.496 e. The Kier molecular flexibility index (Phi) is 5.38. The quantitative estimate of drug-likeness (QED) is 0.591. The number of aromatic nitrogens is 1. The molecule has 2 heterocycles. The highest BCUT2D eigenvalue weighted by Gasteiger charge is 2.38. The number of hydrogen-bond acceptors (Lipinski definition) is 5. The highest BCUT2D eigenvalue weighted by Crippen LogP contribution is 2.19. The first-order valence-corrected chi connectivity index (χ1v) is 5.69. The zero-order chi connectivity index (χ0) is 14.3. The molecule has 0 saturated carbocycles. The predicted octanol–water partition coefficient (Wildman–Crippen LogP) is 0.754. The molecule has 0 atom stereocenters. The monoisotopic (exact) mass is 258 g/mol. The van der Waals surface area contributed by atoms with Crippen molar-refractivity contribution in [3.05, 3.63) is 18.3 Å². The number of nitriles is 1. The molecule has 0 amide bonds. The third-order valence-electron chi connectivity index (χ3n) is 2.32. The van der Waals surface area contributed by atoms with E-state index < -0.39 is 0 Å². The van der Waals surface area contributed by atoms with E-state index in [1.807, 2.05) is 26.0 Å². The summed E-state index contributed by atoms with van der Waals surface area (Å²) in [4.78, 5) is 4.08. The normalized spacial score (nSPS) is 16.1. The van der Waals surface area contributed by atoms with Crippen LogP contribution < -0.4 is 10.2 Å². The Labute approximate surface area is 113 Å². The molecule has 2 rings (SSSR count). The topological polar surface area (TPSA) is 64.4 Å². The summed E-state index contributed by atoms with van der Waals surface area (Å²) in [6, 6.07) is 5.41. The van der Waals surface area contributed by atoms with Crippen molar-refractivity contribution >= 4 is 12.6 Å². The molecular formula is C13H15BN2O3. The van der Waals surface area contributed by atoms with Gasteiger partial charge in [-0.1, -0.05) is 6.07 Å². The van der Waals surface area contributed by atoms with Gasteiger partial charge in [-0.2, -0.15) is 5.26 Å². The number of hydrogen-bond donors (Lipinski definition) is 0. The average Bonchev–Trinajstić information content (AvgIpc) is 2.80. The minimum absolute atomic E-state index is 0.00416. The van der Waals surface area contributed by atoms with Crippen LogP contribution in [-0.4, -0.2) is 30.9 Å². The van der Waals surface area contributed by atoms with Crippen molar-refractivity contribution in [1.82, 2.24) is 4.98 Å². The average molecular weight is 258 g/mol. The molecule has 0 bridgehead atoms. The lowest BCUT2D eigenvalue weighted by molar-refractivity contribution is 0.137. The molecule has 0 N–H and O–H groups in total. The highest BCUT2D eigenvalue weighted by molar-refractivity contribution is 6.61. The lowest BCUT2D eigenvalue weighted by Crippen LogP contribution is -2.34. The minimum Gasteiger partial charge on any atom is -0.462 e. The van der Waals surface area contributed by atoms with E-state index >= 15 is 0 Å². The Hall–Kier alpha value is -2.02. The molecule has 1 aliphatic heterocycles. The SMILES string of the molecule is C#C.CC1(C)COB(c2ccc(OCC#N)nc2)O1. The van der Waals surface area contributed by atoms with Crippen molar-refractivity contribution < 1.29 is 14.0 Å². The summed E-state index contributed by atoms with van der Waals surface area (Å²) in [7, 11) is -0.373. The number of rotatable bonds is 3. The molecule has 1 aliphatic rings. The molecule has 1 aromatic heterocycles. The van der Waals surface area contributed by atoms with Gasteiger partial charge in [0.05, 0.1) is 12.2 Å². The molecule has 0 spiro atoms. The molecule has 0 radical (unpaired) electrons.